The zero-order chi connectivity index (χ0) is 13.1. The van der Waals surface area contributed by atoms with Crippen LogP contribution >= 0.6 is 23.8 Å². The maximum atomic E-state index is 6.06. The average Bonchev–Trinajstić information content (AvgIpc) is 2.35. The van der Waals surface area contributed by atoms with Crippen molar-refractivity contribution in [1.82, 2.24) is 4.98 Å². The maximum absolute atomic E-state index is 6.06. The van der Waals surface area contributed by atoms with Gasteiger partial charge in [0.15, 0.2) is 0 Å². The van der Waals surface area contributed by atoms with Crippen LogP contribution in [0.4, 0.5) is 11.5 Å². The molecule has 0 saturated carbocycles. The number of nitrogens with one attached hydrogen (secondary N) is 1. The molecule has 0 bridgehead atoms. The summed E-state index contributed by atoms with van der Waals surface area (Å²) >= 11 is 11.0. The van der Waals surface area contributed by atoms with Gasteiger partial charge in [-0.15, -0.1) is 0 Å². The first-order valence-corrected chi connectivity index (χ1v) is 6.15. The molecule has 0 saturated heterocycles. The number of aromatic nitrogens is 1. The second-order valence-corrected chi connectivity index (χ2v) is 4.66. The Morgan fingerprint density at radius 1 is 1.28 bits per heavy atom. The molecule has 18 heavy (non-hydrogen) atoms. The highest BCUT2D eigenvalue weighted by Gasteiger charge is 2.04. The Labute approximate surface area is 116 Å². The number of pyridine rings is 1. The van der Waals surface area contributed by atoms with E-state index in [1.165, 1.54) is 0 Å². The number of halogens is 1. The number of benzene rings is 1. The van der Waals surface area contributed by atoms with E-state index in [0.29, 0.717) is 16.5 Å². The van der Waals surface area contributed by atoms with Gasteiger partial charge in [0.2, 0.25) is 0 Å². The molecule has 2 aromatic rings. The Kier molecular flexibility index (Phi) is 3.79. The highest BCUT2D eigenvalue weighted by atomic mass is 35.5. The van der Waals surface area contributed by atoms with Crippen LogP contribution in [0.15, 0.2) is 36.4 Å². The summed E-state index contributed by atoms with van der Waals surface area (Å²) in [4.78, 5) is 4.60. The molecule has 1 aromatic carbocycles. The van der Waals surface area contributed by atoms with Gasteiger partial charge in [-0.3, -0.25) is 0 Å². The number of anilines is 2. The van der Waals surface area contributed by atoms with Gasteiger partial charge in [-0.1, -0.05) is 36.0 Å². The lowest BCUT2D eigenvalue weighted by molar-refractivity contribution is 1.27. The standard InChI is InChI=1S/C13H12ClN3S/c1-8-9(14)4-2-5-10(8)16-12-7-3-6-11(17-12)13(15)18/h2-7H,1H3,(H2,15,18)(H,16,17). The fourth-order valence-electron chi connectivity index (χ4n) is 1.52. The van der Waals surface area contributed by atoms with E-state index < -0.39 is 0 Å². The van der Waals surface area contributed by atoms with E-state index in [1.807, 2.05) is 37.3 Å². The summed E-state index contributed by atoms with van der Waals surface area (Å²) in [5, 5.41) is 3.91. The van der Waals surface area contributed by atoms with E-state index in [9.17, 15) is 0 Å². The molecular weight excluding hydrogens is 266 g/mol. The van der Waals surface area contributed by atoms with Crippen molar-refractivity contribution in [2.45, 2.75) is 6.92 Å². The van der Waals surface area contributed by atoms with Gasteiger partial charge in [-0.25, -0.2) is 4.98 Å². The van der Waals surface area contributed by atoms with Gasteiger partial charge in [0.25, 0.3) is 0 Å². The van der Waals surface area contributed by atoms with Gasteiger partial charge in [-0.2, -0.15) is 0 Å². The fourth-order valence-corrected chi connectivity index (χ4v) is 1.81. The largest absolute Gasteiger partial charge is 0.388 e. The Morgan fingerprint density at radius 3 is 2.72 bits per heavy atom. The molecule has 0 unspecified atom stereocenters. The molecule has 1 aromatic heterocycles. The smallest absolute Gasteiger partial charge is 0.131 e. The summed E-state index contributed by atoms with van der Waals surface area (Å²) in [6.07, 6.45) is 0. The average molecular weight is 278 g/mol. The second kappa shape index (κ2) is 5.33. The topological polar surface area (TPSA) is 50.9 Å². The van der Waals surface area contributed by atoms with Crippen LogP contribution in [0, 0.1) is 6.92 Å². The summed E-state index contributed by atoms with van der Waals surface area (Å²) in [6, 6.07) is 11.1. The van der Waals surface area contributed by atoms with Gasteiger partial charge in [-0.05, 0) is 36.8 Å². The van der Waals surface area contributed by atoms with E-state index in [2.05, 4.69) is 10.3 Å². The van der Waals surface area contributed by atoms with Crippen LogP contribution in [0.1, 0.15) is 11.3 Å². The van der Waals surface area contributed by atoms with Gasteiger partial charge < -0.3 is 11.1 Å². The van der Waals surface area contributed by atoms with Crippen LogP contribution in [0.5, 0.6) is 0 Å². The molecule has 3 N–H and O–H groups in total. The molecule has 0 atom stereocenters. The lowest BCUT2D eigenvalue weighted by Gasteiger charge is -2.10. The molecule has 92 valence electrons. The highest BCUT2D eigenvalue weighted by Crippen LogP contribution is 2.25. The van der Waals surface area contributed by atoms with Crippen LogP contribution in [0.2, 0.25) is 5.02 Å². The summed E-state index contributed by atoms with van der Waals surface area (Å²) in [6.45, 7) is 1.95. The van der Waals surface area contributed by atoms with E-state index in [-0.39, 0.29) is 4.99 Å². The summed E-state index contributed by atoms with van der Waals surface area (Å²) < 4.78 is 0. The fraction of sp³-hybridized carbons (Fsp3) is 0.0769. The third kappa shape index (κ3) is 2.78. The zero-order valence-electron chi connectivity index (χ0n) is 9.77. The maximum Gasteiger partial charge on any atom is 0.131 e. The highest BCUT2D eigenvalue weighted by molar-refractivity contribution is 7.80. The number of nitrogens with two attached hydrogens (primary N) is 1. The molecule has 0 aliphatic heterocycles. The van der Waals surface area contributed by atoms with Crippen molar-refractivity contribution in [3.8, 4) is 0 Å². The normalized spacial score (nSPS) is 10.1. The zero-order valence-corrected chi connectivity index (χ0v) is 11.3. The van der Waals surface area contributed by atoms with Gasteiger partial charge in [0.1, 0.15) is 10.8 Å². The minimum Gasteiger partial charge on any atom is -0.388 e. The minimum atomic E-state index is 0.279. The van der Waals surface area contributed by atoms with Crippen LogP contribution < -0.4 is 11.1 Å². The quantitative estimate of drug-likeness (QED) is 0.844. The molecule has 0 spiro atoms. The summed E-state index contributed by atoms with van der Waals surface area (Å²) in [5.41, 5.74) is 8.03. The number of nitrogens with zero attached hydrogens (tertiary/aromatic N) is 1. The molecule has 0 fully saturated rings. The number of hydrogen-bond donors (Lipinski definition) is 2. The number of rotatable bonds is 3. The third-order valence-corrected chi connectivity index (χ3v) is 3.15. The van der Waals surface area contributed by atoms with Crippen LogP contribution in [-0.2, 0) is 0 Å². The van der Waals surface area contributed by atoms with E-state index in [4.69, 9.17) is 29.6 Å². The van der Waals surface area contributed by atoms with Gasteiger partial charge >= 0.3 is 0 Å². The second-order valence-electron chi connectivity index (χ2n) is 3.81. The van der Waals surface area contributed by atoms with Crippen molar-refractivity contribution in [1.29, 1.82) is 0 Å². The van der Waals surface area contributed by atoms with Crippen LogP contribution in [-0.4, -0.2) is 9.97 Å². The van der Waals surface area contributed by atoms with Crippen LogP contribution in [0.25, 0.3) is 0 Å². The number of thiocarbonyl (C=S) groups is 1. The molecule has 3 nitrogen and oxygen atoms in total. The van der Waals surface area contributed by atoms with Crippen molar-refractivity contribution in [2.24, 2.45) is 5.73 Å². The molecule has 0 aliphatic rings. The van der Waals surface area contributed by atoms with Crippen molar-refractivity contribution >= 4 is 40.3 Å². The van der Waals surface area contributed by atoms with Gasteiger partial charge in [0.05, 0.1) is 5.69 Å². The molecular formula is C13H12ClN3S. The molecule has 1 heterocycles. The minimum absolute atomic E-state index is 0.279. The summed E-state index contributed by atoms with van der Waals surface area (Å²) in [5.74, 6) is 0.686. The predicted molar refractivity (Wildman–Crippen MR) is 79.6 cm³/mol. The molecule has 5 heteroatoms. The SMILES string of the molecule is Cc1c(Cl)cccc1Nc1cccc(C(N)=S)n1. The van der Waals surface area contributed by atoms with Crippen LogP contribution in [0.3, 0.4) is 0 Å². The van der Waals surface area contributed by atoms with Crippen molar-refractivity contribution in [2.75, 3.05) is 5.32 Å². The monoisotopic (exact) mass is 277 g/mol. The van der Waals surface area contributed by atoms with E-state index in [1.54, 1.807) is 6.07 Å². The predicted octanol–water partition coefficient (Wildman–Crippen LogP) is 3.42. The van der Waals surface area contributed by atoms with E-state index in [0.717, 1.165) is 11.3 Å². The molecule has 0 amide bonds. The van der Waals surface area contributed by atoms with Crippen molar-refractivity contribution in [3.63, 3.8) is 0 Å². The Bertz CT molecular complexity index is 599. The Balaban J connectivity index is 2.31. The molecule has 2 rings (SSSR count). The molecule has 0 radical (unpaired) electrons. The van der Waals surface area contributed by atoms with Gasteiger partial charge in [0, 0.05) is 10.7 Å². The first-order valence-electron chi connectivity index (χ1n) is 5.37. The Hall–Kier alpha value is -1.65. The lowest BCUT2D eigenvalue weighted by atomic mass is 10.2. The summed E-state index contributed by atoms with van der Waals surface area (Å²) in [7, 11) is 0. The lowest BCUT2D eigenvalue weighted by Crippen LogP contribution is -2.12. The number of hydrogen-bond acceptors (Lipinski definition) is 3. The van der Waals surface area contributed by atoms with Crippen molar-refractivity contribution in [3.05, 3.63) is 52.7 Å². The van der Waals surface area contributed by atoms with E-state index >= 15 is 0 Å². The Morgan fingerprint density at radius 2 is 2.00 bits per heavy atom. The molecule has 0 aliphatic carbocycles. The first kappa shape index (κ1) is 12.8. The van der Waals surface area contributed by atoms with Crippen molar-refractivity contribution < 1.29 is 0 Å². The third-order valence-electron chi connectivity index (χ3n) is 2.53. The first-order chi connectivity index (χ1) is 8.58.